The van der Waals surface area contributed by atoms with Crippen LogP contribution in [-0.2, 0) is 0 Å². The molecular weight excluding hydrogens is 341 g/mol. The third kappa shape index (κ3) is 2.49. The number of para-hydroxylation sites is 1. The van der Waals surface area contributed by atoms with Gasteiger partial charge in [-0.05, 0) is 55.2 Å². The molecule has 0 bridgehead atoms. The van der Waals surface area contributed by atoms with Crippen LogP contribution in [0.2, 0.25) is 10.0 Å². The van der Waals surface area contributed by atoms with Crippen LogP contribution in [0.5, 0.6) is 5.75 Å². The Morgan fingerprint density at radius 3 is 2.67 bits per heavy atom. The number of likely N-dealkylation sites (N-methyl/N-ethyl adjacent to an activating group) is 1. The summed E-state index contributed by atoms with van der Waals surface area (Å²) in [6.07, 6.45) is 6.51. The number of hydrogen-bond donors (Lipinski definition) is 0. The summed E-state index contributed by atoms with van der Waals surface area (Å²) in [6.45, 7) is 0. The molecule has 0 saturated heterocycles. The number of nitrogens with zero attached hydrogens (tertiary/aromatic N) is 1. The van der Waals surface area contributed by atoms with Crippen molar-refractivity contribution in [3.05, 3.63) is 63.6 Å². The standard InChI is InChI=1S/C20H19Cl2NO/c1-23(17-8-3-2-4-9-17)20-10-6-5-7-15(20)11-14-12-16(21)13-18(22)19(14)24-20/h2-4,8-9,11-13H,5-7,10H2,1H3. The van der Waals surface area contributed by atoms with Crippen LogP contribution >= 0.6 is 23.2 Å². The van der Waals surface area contributed by atoms with Gasteiger partial charge in [0.2, 0.25) is 5.72 Å². The molecule has 1 saturated carbocycles. The van der Waals surface area contributed by atoms with E-state index < -0.39 is 5.72 Å². The molecule has 1 atom stereocenters. The van der Waals surface area contributed by atoms with Crippen LogP contribution in [-0.4, -0.2) is 12.8 Å². The molecule has 0 N–H and O–H groups in total. The molecule has 2 aromatic rings. The van der Waals surface area contributed by atoms with Crippen molar-refractivity contribution in [2.24, 2.45) is 0 Å². The first kappa shape index (κ1) is 15.9. The van der Waals surface area contributed by atoms with Crippen LogP contribution in [0.3, 0.4) is 0 Å². The maximum absolute atomic E-state index is 6.59. The lowest BCUT2D eigenvalue weighted by molar-refractivity contribution is 0.0769. The van der Waals surface area contributed by atoms with Gasteiger partial charge in [0.1, 0.15) is 5.75 Å². The van der Waals surface area contributed by atoms with Crippen molar-refractivity contribution in [1.29, 1.82) is 0 Å². The Balaban J connectivity index is 1.85. The van der Waals surface area contributed by atoms with Crippen LogP contribution in [0.4, 0.5) is 5.69 Å². The highest BCUT2D eigenvalue weighted by Gasteiger charge is 2.45. The number of halogens is 2. The molecule has 1 heterocycles. The van der Waals surface area contributed by atoms with Gasteiger partial charge < -0.3 is 9.64 Å². The van der Waals surface area contributed by atoms with Gasteiger partial charge >= 0.3 is 0 Å². The molecule has 1 unspecified atom stereocenters. The van der Waals surface area contributed by atoms with Gasteiger partial charge in [0.05, 0.1) is 5.02 Å². The Kier molecular flexibility index (Phi) is 3.98. The summed E-state index contributed by atoms with van der Waals surface area (Å²) in [4.78, 5) is 2.24. The van der Waals surface area contributed by atoms with Crippen molar-refractivity contribution in [3.63, 3.8) is 0 Å². The average molecular weight is 360 g/mol. The van der Waals surface area contributed by atoms with Crippen molar-refractivity contribution in [2.45, 2.75) is 31.4 Å². The van der Waals surface area contributed by atoms with Gasteiger partial charge in [-0.25, -0.2) is 0 Å². The molecule has 0 spiro atoms. The van der Waals surface area contributed by atoms with Gasteiger partial charge in [-0.2, -0.15) is 0 Å². The number of hydrogen-bond acceptors (Lipinski definition) is 2. The second-order valence-corrected chi connectivity index (χ2v) is 7.31. The summed E-state index contributed by atoms with van der Waals surface area (Å²) in [5.41, 5.74) is 2.94. The summed E-state index contributed by atoms with van der Waals surface area (Å²) in [6, 6.07) is 14.0. The molecule has 2 aromatic carbocycles. The third-order valence-electron chi connectivity index (χ3n) is 5.04. The second-order valence-electron chi connectivity index (χ2n) is 6.46. The summed E-state index contributed by atoms with van der Waals surface area (Å²) in [7, 11) is 2.10. The van der Waals surface area contributed by atoms with E-state index in [0.717, 1.165) is 36.3 Å². The Morgan fingerprint density at radius 1 is 1.08 bits per heavy atom. The molecular formula is C20H19Cl2NO. The molecule has 1 aliphatic heterocycles. The van der Waals surface area contributed by atoms with Crippen LogP contribution in [0.15, 0.2) is 48.0 Å². The highest BCUT2D eigenvalue weighted by Crippen LogP contribution is 2.49. The maximum atomic E-state index is 6.59. The largest absolute Gasteiger partial charge is 0.462 e. The highest BCUT2D eigenvalue weighted by molar-refractivity contribution is 6.36. The van der Waals surface area contributed by atoms with E-state index in [1.807, 2.05) is 12.1 Å². The van der Waals surface area contributed by atoms with Gasteiger partial charge in [0, 0.05) is 29.7 Å². The Bertz CT molecular complexity index is 803. The number of fused-ring (bicyclic) bond motifs is 2. The zero-order valence-electron chi connectivity index (χ0n) is 13.6. The summed E-state index contributed by atoms with van der Waals surface area (Å²) in [5.74, 6) is 0.731. The van der Waals surface area contributed by atoms with Crippen molar-refractivity contribution in [1.82, 2.24) is 0 Å². The Hall–Kier alpha value is -1.64. The third-order valence-corrected chi connectivity index (χ3v) is 5.54. The molecule has 1 aliphatic carbocycles. The minimum atomic E-state index is -0.468. The van der Waals surface area contributed by atoms with Gasteiger partial charge in [-0.15, -0.1) is 0 Å². The molecule has 124 valence electrons. The minimum Gasteiger partial charge on any atom is -0.462 e. The van der Waals surface area contributed by atoms with Crippen molar-refractivity contribution in [3.8, 4) is 5.75 Å². The molecule has 4 heteroatoms. The lowest BCUT2D eigenvalue weighted by Gasteiger charge is -2.49. The summed E-state index contributed by atoms with van der Waals surface area (Å²) >= 11 is 12.6. The summed E-state index contributed by atoms with van der Waals surface area (Å²) < 4.78 is 6.59. The predicted octanol–water partition coefficient (Wildman–Crippen LogP) is 6.18. The van der Waals surface area contributed by atoms with Crippen molar-refractivity contribution >= 4 is 35.0 Å². The van der Waals surface area contributed by atoms with Crippen molar-refractivity contribution < 1.29 is 4.74 Å². The van der Waals surface area contributed by atoms with Gasteiger partial charge in [-0.3, -0.25) is 0 Å². The number of ether oxygens (including phenoxy) is 1. The summed E-state index contributed by atoms with van der Waals surface area (Å²) in [5, 5.41) is 1.21. The smallest absolute Gasteiger partial charge is 0.205 e. The molecule has 2 aliphatic rings. The monoisotopic (exact) mass is 359 g/mol. The molecule has 0 amide bonds. The van der Waals surface area contributed by atoms with Crippen LogP contribution in [0.25, 0.3) is 6.08 Å². The zero-order chi connectivity index (χ0) is 16.7. The van der Waals surface area contributed by atoms with Crippen LogP contribution in [0, 0.1) is 0 Å². The molecule has 0 radical (unpaired) electrons. The van der Waals surface area contributed by atoms with E-state index in [2.05, 4.69) is 42.3 Å². The Labute approximate surface area is 152 Å². The van der Waals surface area contributed by atoms with E-state index in [0.29, 0.717) is 10.0 Å². The molecule has 1 fully saturated rings. The zero-order valence-corrected chi connectivity index (χ0v) is 15.1. The van der Waals surface area contributed by atoms with E-state index in [-0.39, 0.29) is 0 Å². The van der Waals surface area contributed by atoms with E-state index >= 15 is 0 Å². The lowest BCUT2D eigenvalue weighted by Crippen LogP contribution is -2.55. The first-order valence-corrected chi connectivity index (χ1v) is 9.04. The molecule has 4 rings (SSSR count). The van der Waals surface area contributed by atoms with Crippen molar-refractivity contribution in [2.75, 3.05) is 11.9 Å². The van der Waals surface area contributed by atoms with Crippen LogP contribution < -0.4 is 9.64 Å². The fourth-order valence-corrected chi connectivity index (χ4v) is 4.35. The first-order valence-electron chi connectivity index (χ1n) is 8.28. The fourth-order valence-electron chi connectivity index (χ4n) is 3.80. The molecule has 2 nitrogen and oxygen atoms in total. The molecule has 0 aromatic heterocycles. The topological polar surface area (TPSA) is 12.5 Å². The van der Waals surface area contributed by atoms with Crippen LogP contribution in [0.1, 0.15) is 31.2 Å². The average Bonchev–Trinajstić information content (AvgIpc) is 2.60. The van der Waals surface area contributed by atoms with E-state index in [4.69, 9.17) is 27.9 Å². The minimum absolute atomic E-state index is 0.468. The van der Waals surface area contributed by atoms with E-state index in [1.54, 1.807) is 6.07 Å². The quantitative estimate of drug-likeness (QED) is 0.634. The molecule has 24 heavy (non-hydrogen) atoms. The SMILES string of the molecule is CN(c1ccccc1)C12CCCCC1=Cc1cc(Cl)cc(Cl)c1O2. The van der Waals surface area contributed by atoms with E-state index in [1.165, 1.54) is 12.0 Å². The second kappa shape index (κ2) is 6.02. The number of anilines is 1. The van der Waals surface area contributed by atoms with Gasteiger partial charge in [-0.1, -0.05) is 41.4 Å². The maximum Gasteiger partial charge on any atom is 0.205 e. The predicted molar refractivity (Wildman–Crippen MR) is 101 cm³/mol. The lowest BCUT2D eigenvalue weighted by atomic mass is 9.82. The fraction of sp³-hybridized carbons (Fsp3) is 0.300. The Morgan fingerprint density at radius 2 is 1.88 bits per heavy atom. The first-order chi connectivity index (χ1) is 11.6. The number of benzene rings is 2. The number of rotatable bonds is 2. The highest BCUT2D eigenvalue weighted by atomic mass is 35.5. The van der Waals surface area contributed by atoms with E-state index in [9.17, 15) is 0 Å². The van der Waals surface area contributed by atoms with Gasteiger partial charge in [0.25, 0.3) is 0 Å². The van der Waals surface area contributed by atoms with Gasteiger partial charge in [0.15, 0.2) is 0 Å². The normalized spacial score (nSPS) is 22.0.